The average Bonchev–Trinajstić information content (AvgIpc) is 3.06. The van der Waals surface area contributed by atoms with Crippen molar-refractivity contribution in [2.45, 2.75) is 18.8 Å². The minimum Gasteiger partial charge on any atom is -0.481 e. The molecule has 0 saturated carbocycles. The van der Waals surface area contributed by atoms with Gasteiger partial charge in [0, 0.05) is 11.6 Å². The van der Waals surface area contributed by atoms with Crippen molar-refractivity contribution in [1.29, 1.82) is 0 Å². The van der Waals surface area contributed by atoms with Crippen LogP contribution >= 0.6 is 11.6 Å². The van der Waals surface area contributed by atoms with E-state index in [1.165, 1.54) is 0 Å². The van der Waals surface area contributed by atoms with Crippen molar-refractivity contribution in [3.8, 4) is 0 Å². The van der Waals surface area contributed by atoms with Crippen LogP contribution in [0.5, 0.6) is 0 Å². The third kappa shape index (κ3) is 2.66. The topological polar surface area (TPSA) is 75.6 Å². The van der Waals surface area contributed by atoms with Crippen LogP contribution in [0.15, 0.2) is 36.4 Å². The fraction of sp³-hybridized carbons (Fsp3) is 0.333. The van der Waals surface area contributed by atoms with Gasteiger partial charge in [0.2, 0.25) is 5.91 Å². The minimum atomic E-state index is -1.00. The molecule has 0 aliphatic carbocycles. The van der Waals surface area contributed by atoms with Crippen molar-refractivity contribution in [1.82, 2.24) is 5.32 Å². The molecule has 2 heterocycles. The zero-order valence-electron chi connectivity index (χ0n) is 11.0. The first-order valence-corrected chi connectivity index (χ1v) is 7.03. The quantitative estimate of drug-likeness (QED) is 0.829. The molecule has 5 nitrogen and oxygen atoms in total. The highest BCUT2D eigenvalue weighted by atomic mass is 35.5. The molecule has 2 aliphatic heterocycles. The number of amides is 1. The molecule has 110 valence electrons. The number of nitrogens with one attached hydrogen (secondary N) is 1. The normalized spacial score (nSPS) is 29.6. The van der Waals surface area contributed by atoms with Crippen LogP contribution in [0.25, 0.3) is 0 Å². The van der Waals surface area contributed by atoms with E-state index in [4.69, 9.17) is 16.3 Å². The standard InChI is InChI=1S/C15H14ClNO4/c16-9-3-1-8(2-4-9)7-17-14(18)12-10-5-6-11(21-10)13(12)15(19)20/h1-6,10-13H,7H2,(H,17,18)(H,19,20)/t10-,11+,12+,13-/m0/s1. The summed E-state index contributed by atoms with van der Waals surface area (Å²) in [5.41, 5.74) is 0.902. The molecular formula is C15H14ClNO4. The third-order valence-corrected chi connectivity index (χ3v) is 4.12. The molecule has 0 aromatic heterocycles. The number of carbonyl (C=O) groups is 2. The second kappa shape index (κ2) is 5.50. The van der Waals surface area contributed by atoms with E-state index in [0.717, 1.165) is 5.56 Å². The predicted molar refractivity (Wildman–Crippen MR) is 75.7 cm³/mol. The molecule has 0 spiro atoms. The molecule has 1 saturated heterocycles. The van der Waals surface area contributed by atoms with E-state index in [-0.39, 0.29) is 5.91 Å². The maximum atomic E-state index is 12.3. The number of aliphatic carboxylic acids is 1. The Kier molecular flexibility index (Phi) is 3.69. The molecule has 1 fully saturated rings. The number of rotatable bonds is 4. The molecule has 6 heteroatoms. The molecule has 4 atom stereocenters. The lowest BCUT2D eigenvalue weighted by atomic mass is 9.82. The summed E-state index contributed by atoms with van der Waals surface area (Å²) in [6.07, 6.45) is 2.53. The summed E-state index contributed by atoms with van der Waals surface area (Å²) in [4.78, 5) is 23.6. The summed E-state index contributed by atoms with van der Waals surface area (Å²) in [6, 6.07) is 7.11. The Labute approximate surface area is 126 Å². The summed E-state index contributed by atoms with van der Waals surface area (Å²) in [7, 11) is 0. The van der Waals surface area contributed by atoms with E-state index in [1.54, 1.807) is 24.3 Å². The van der Waals surface area contributed by atoms with Crippen molar-refractivity contribution in [3.63, 3.8) is 0 Å². The predicted octanol–water partition coefficient (Wildman–Crippen LogP) is 1.61. The zero-order chi connectivity index (χ0) is 15.0. The maximum absolute atomic E-state index is 12.3. The summed E-state index contributed by atoms with van der Waals surface area (Å²) in [5.74, 6) is -2.79. The van der Waals surface area contributed by atoms with Gasteiger partial charge in [-0.05, 0) is 17.7 Å². The van der Waals surface area contributed by atoms with E-state index < -0.39 is 30.0 Å². The first-order chi connectivity index (χ1) is 10.1. The van der Waals surface area contributed by atoms with Gasteiger partial charge in [0.25, 0.3) is 0 Å². The van der Waals surface area contributed by atoms with Crippen molar-refractivity contribution in [2.24, 2.45) is 11.8 Å². The minimum absolute atomic E-state index is 0.297. The number of carboxylic acids is 1. The van der Waals surface area contributed by atoms with E-state index in [2.05, 4.69) is 5.32 Å². The lowest BCUT2D eigenvalue weighted by Crippen LogP contribution is -2.42. The van der Waals surface area contributed by atoms with Crippen molar-refractivity contribution >= 4 is 23.5 Å². The average molecular weight is 308 g/mol. The fourth-order valence-corrected chi connectivity index (χ4v) is 2.95. The van der Waals surface area contributed by atoms with Gasteiger partial charge >= 0.3 is 5.97 Å². The molecule has 1 aromatic carbocycles. The second-order valence-corrected chi connectivity index (χ2v) is 5.62. The number of halogens is 1. The second-order valence-electron chi connectivity index (χ2n) is 5.18. The van der Waals surface area contributed by atoms with Crippen molar-refractivity contribution in [2.75, 3.05) is 0 Å². The van der Waals surface area contributed by atoms with Gasteiger partial charge in [-0.25, -0.2) is 0 Å². The number of carbonyl (C=O) groups excluding carboxylic acids is 1. The number of hydrogen-bond donors (Lipinski definition) is 2. The monoisotopic (exact) mass is 307 g/mol. The van der Waals surface area contributed by atoms with Gasteiger partial charge in [0.15, 0.2) is 0 Å². The van der Waals surface area contributed by atoms with Gasteiger partial charge < -0.3 is 15.2 Å². The maximum Gasteiger partial charge on any atom is 0.310 e. The van der Waals surface area contributed by atoms with Crippen LogP contribution in [0.3, 0.4) is 0 Å². The number of carboxylic acid groups (broad SMARTS) is 1. The molecule has 0 unspecified atom stereocenters. The molecule has 2 N–H and O–H groups in total. The van der Waals surface area contributed by atoms with Crippen LogP contribution < -0.4 is 5.32 Å². The number of fused-ring (bicyclic) bond motifs is 2. The van der Waals surface area contributed by atoms with Crippen LogP contribution in [0.4, 0.5) is 0 Å². The largest absolute Gasteiger partial charge is 0.481 e. The first-order valence-electron chi connectivity index (χ1n) is 6.65. The van der Waals surface area contributed by atoms with E-state index in [1.807, 2.05) is 12.1 Å². The summed E-state index contributed by atoms with van der Waals surface area (Å²) < 4.78 is 5.48. The fourth-order valence-electron chi connectivity index (χ4n) is 2.82. The van der Waals surface area contributed by atoms with Crippen LogP contribution in [-0.2, 0) is 20.9 Å². The zero-order valence-corrected chi connectivity index (χ0v) is 11.8. The summed E-state index contributed by atoms with van der Waals surface area (Å²) in [6.45, 7) is 0.333. The van der Waals surface area contributed by atoms with Gasteiger partial charge in [-0.15, -0.1) is 0 Å². The van der Waals surface area contributed by atoms with Gasteiger partial charge in [0.05, 0.1) is 18.1 Å². The highest BCUT2D eigenvalue weighted by Gasteiger charge is 2.53. The van der Waals surface area contributed by atoms with Gasteiger partial charge in [-0.2, -0.15) is 0 Å². The number of ether oxygens (including phenoxy) is 1. The Hall–Kier alpha value is -1.85. The van der Waals surface area contributed by atoms with E-state index in [0.29, 0.717) is 11.6 Å². The van der Waals surface area contributed by atoms with Gasteiger partial charge in [-0.1, -0.05) is 35.9 Å². The van der Waals surface area contributed by atoms with Crippen molar-refractivity contribution < 1.29 is 19.4 Å². The molecular weight excluding hydrogens is 294 g/mol. The smallest absolute Gasteiger partial charge is 0.310 e. The van der Waals surface area contributed by atoms with Crippen molar-refractivity contribution in [3.05, 3.63) is 47.0 Å². The van der Waals surface area contributed by atoms with Crippen LogP contribution in [-0.4, -0.2) is 29.2 Å². The molecule has 1 aromatic rings. The highest BCUT2D eigenvalue weighted by molar-refractivity contribution is 6.30. The number of benzene rings is 1. The summed E-state index contributed by atoms with van der Waals surface area (Å²) >= 11 is 5.80. The Balaban J connectivity index is 1.66. The van der Waals surface area contributed by atoms with Crippen LogP contribution in [0.1, 0.15) is 5.56 Å². The molecule has 3 rings (SSSR count). The Morgan fingerprint density at radius 3 is 2.38 bits per heavy atom. The van der Waals surface area contributed by atoms with E-state index >= 15 is 0 Å². The van der Waals surface area contributed by atoms with Crippen LogP contribution in [0.2, 0.25) is 5.02 Å². The molecule has 0 radical (unpaired) electrons. The SMILES string of the molecule is O=C(O)[C@@H]1[C@H](C(=O)NCc2ccc(Cl)cc2)[C@@H]2C=C[C@H]1O2. The Morgan fingerprint density at radius 1 is 1.14 bits per heavy atom. The highest BCUT2D eigenvalue weighted by Crippen LogP contribution is 2.39. The molecule has 2 aliphatic rings. The van der Waals surface area contributed by atoms with E-state index in [9.17, 15) is 14.7 Å². The molecule has 21 heavy (non-hydrogen) atoms. The van der Waals surface area contributed by atoms with Crippen LogP contribution in [0, 0.1) is 11.8 Å². The van der Waals surface area contributed by atoms with Gasteiger partial charge in [-0.3, -0.25) is 9.59 Å². The third-order valence-electron chi connectivity index (χ3n) is 3.87. The lowest BCUT2D eigenvalue weighted by Gasteiger charge is -2.21. The Bertz CT molecular complexity index is 598. The number of hydrogen-bond acceptors (Lipinski definition) is 3. The Morgan fingerprint density at radius 2 is 1.76 bits per heavy atom. The van der Waals surface area contributed by atoms with Gasteiger partial charge in [0.1, 0.15) is 5.92 Å². The summed E-state index contributed by atoms with van der Waals surface area (Å²) in [5, 5.41) is 12.7. The lowest BCUT2D eigenvalue weighted by molar-refractivity contribution is -0.146. The molecule has 2 bridgehead atoms. The molecule has 1 amide bonds. The first kappa shape index (κ1) is 14.1.